The zero-order chi connectivity index (χ0) is 9.84. The van der Waals surface area contributed by atoms with Gasteiger partial charge in [0.05, 0.1) is 12.1 Å². The molecule has 6 nitrogen and oxygen atoms in total. The van der Waals surface area contributed by atoms with Gasteiger partial charge in [0, 0.05) is 0 Å². The second-order valence-electron chi connectivity index (χ2n) is 3.09. The first kappa shape index (κ1) is 9.79. The summed E-state index contributed by atoms with van der Waals surface area (Å²) in [6, 6.07) is -0.150. The molecule has 0 aromatic rings. The van der Waals surface area contributed by atoms with Crippen LogP contribution in [0.4, 0.5) is 0 Å². The molecular weight excluding hydrogens is 170 g/mol. The van der Waals surface area contributed by atoms with E-state index in [9.17, 15) is 5.11 Å². The molecule has 6 heteroatoms. The van der Waals surface area contributed by atoms with Gasteiger partial charge in [-0.2, -0.15) is 4.99 Å². The maximum absolute atomic E-state index is 9.40. The molecule has 1 aliphatic rings. The third-order valence-corrected chi connectivity index (χ3v) is 1.99. The largest absolute Gasteiger partial charge is 0.391 e. The minimum absolute atomic E-state index is 0.0333. The van der Waals surface area contributed by atoms with Crippen molar-refractivity contribution in [2.24, 2.45) is 27.2 Å². The highest BCUT2D eigenvalue weighted by Crippen LogP contribution is 2.21. The Kier molecular flexibility index (Phi) is 3.07. The minimum atomic E-state index is -0.409. The van der Waals surface area contributed by atoms with Crippen LogP contribution in [0.5, 0.6) is 0 Å². The van der Waals surface area contributed by atoms with Crippen molar-refractivity contribution in [2.45, 2.75) is 31.4 Å². The number of aliphatic hydroxyl groups excluding tert-OH is 1. The Morgan fingerprint density at radius 1 is 1.23 bits per heavy atom. The molecular formula is C7H15N5O. The molecule has 1 aliphatic carbocycles. The van der Waals surface area contributed by atoms with E-state index >= 15 is 0 Å². The predicted molar refractivity (Wildman–Crippen MR) is 51.1 cm³/mol. The Balaban J connectivity index is 2.59. The van der Waals surface area contributed by atoms with Gasteiger partial charge < -0.3 is 22.3 Å². The van der Waals surface area contributed by atoms with Crippen molar-refractivity contribution in [3.05, 3.63) is 0 Å². The average Bonchev–Trinajstić information content (AvgIpc) is 2.34. The summed E-state index contributed by atoms with van der Waals surface area (Å²) in [6.07, 6.45) is 2.16. The van der Waals surface area contributed by atoms with E-state index in [0.29, 0.717) is 0 Å². The summed E-state index contributed by atoms with van der Waals surface area (Å²) in [7, 11) is 0. The SMILES string of the molecule is NC(N)=NC(N)=NC1CCCC1O. The molecule has 1 rings (SSSR count). The fourth-order valence-corrected chi connectivity index (χ4v) is 1.40. The van der Waals surface area contributed by atoms with Crippen LogP contribution in [0, 0.1) is 0 Å². The van der Waals surface area contributed by atoms with Gasteiger partial charge in [0.15, 0.2) is 5.96 Å². The standard InChI is InChI=1S/C7H15N5O/c8-6(9)12-7(10)11-4-2-1-3-5(4)13/h4-5,13H,1-3H2,(H6,8,9,10,11,12). The highest BCUT2D eigenvalue weighted by Gasteiger charge is 2.24. The van der Waals surface area contributed by atoms with Gasteiger partial charge in [-0.1, -0.05) is 0 Å². The van der Waals surface area contributed by atoms with Gasteiger partial charge in [0.2, 0.25) is 5.96 Å². The zero-order valence-corrected chi connectivity index (χ0v) is 7.35. The lowest BCUT2D eigenvalue weighted by Gasteiger charge is -2.08. The first-order valence-corrected chi connectivity index (χ1v) is 4.20. The second kappa shape index (κ2) is 4.08. The summed E-state index contributed by atoms with van der Waals surface area (Å²) in [4.78, 5) is 7.56. The van der Waals surface area contributed by atoms with Crippen LogP contribution in [0.1, 0.15) is 19.3 Å². The average molecular weight is 185 g/mol. The molecule has 0 saturated heterocycles. The maximum atomic E-state index is 9.40. The van der Waals surface area contributed by atoms with Crippen molar-refractivity contribution >= 4 is 11.9 Å². The monoisotopic (exact) mass is 185 g/mol. The van der Waals surface area contributed by atoms with Gasteiger partial charge >= 0.3 is 0 Å². The van der Waals surface area contributed by atoms with E-state index in [2.05, 4.69) is 9.98 Å². The van der Waals surface area contributed by atoms with Gasteiger partial charge in [-0.05, 0) is 19.3 Å². The Bertz CT molecular complexity index is 233. The number of rotatable bonds is 1. The predicted octanol–water partition coefficient (Wildman–Crippen LogP) is -1.51. The van der Waals surface area contributed by atoms with Gasteiger partial charge in [0.25, 0.3) is 0 Å². The normalized spacial score (nSPS) is 28.8. The van der Waals surface area contributed by atoms with E-state index in [-0.39, 0.29) is 18.0 Å². The lowest BCUT2D eigenvalue weighted by Crippen LogP contribution is -2.28. The summed E-state index contributed by atoms with van der Waals surface area (Å²) in [5, 5.41) is 9.40. The Morgan fingerprint density at radius 2 is 1.92 bits per heavy atom. The molecule has 0 amide bonds. The van der Waals surface area contributed by atoms with E-state index < -0.39 is 6.10 Å². The smallest absolute Gasteiger partial charge is 0.218 e. The van der Waals surface area contributed by atoms with Crippen molar-refractivity contribution < 1.29 is 5.11 Å². The minimum Gasteiger partial charge on any atom is -0.391 e. The molecule has 1 saturated carbocycles. The topological polar surface area (TPSA) is 123 Å². The van der Waals surface area contributed by atoms with Crippen LogP contribution in [0.15, 0.2) is 9.98 Å². The summed E-state index contributed by atoms with van der Waals surface area (Å²) < 4.78 is 0. The molecule has 13 heavy (non-hydrogen) atoms. The van der Waals surface area contributed by atoms with Gasteiger partial charge in [-0.3, -0.25) is 0 Å². The molecule has 0 bridgehead atoms. The maximum Gasteiger partial charge on any atom is 0.218 e. The van der Waals surface area contributed by atoms with Crippen molar-refractivity contribution in [1.82, 2.24) is 0 Å². The number of aliphatic hydroxyl groups is 1. The highest BCUT2D eigenvalue weighted by atomic mass is 16.3. The van der Waals surface area contributed by atoms with E-state index in [1.165, 1.54) is 0 Å². The van der Waals surface area contributed by atoms with Crippen molar-refractivity contribution in [2.75, 3.05) is 0 Å². The van der Waals surface area contributed by atoms with E-state index in [0.717, 1.165) is 19.3 Å². The quantitative estimate of drug-likeness (QED) is 0.293. The van der Waals surface area contributed by atoms with Crippen LogP contribution in [0.2, 0.25) is 0 Å². The fourth-order valence-electron chi connectivity index (χ4n) is 1.40. The fraction of sp³-hybridized carbons (Fsp3) is 0.714. The van der Waals surface area contributed by atoms with Crippen LogP contribution >= 0.6 is 0 Å². The second-order valence-corrected chi connectivity index (χ2v) is 3.09. The summed E-state index contributed by atoms with van der Waals surface area (Å²) in [5.74, 6) is -0.0836. The van der Waals surface area contributed by atoms with Crippen molar-refractivity contribution in [3.63, 3.8) is 0 Å². The van der Waals surface area contributed by atoms with Crippen molar-refractivity contribution in [3.8, 4) is 0 Å². The molecule has 2 unspecified atom stereocenters. The van der Waals surface area contributed by atoms with E-state index in [1.54, 1.807) is 0 Å². The summed E-state index contributed by atoms with van der Waals surface area (Å²) >= 11 is 0. The highest BCUT2D eigenvalue weighted by molar-refractivity contribution is 5.92. The molecule has 7 N–H and O–H groups in total. The molecule has 74 valence electrons. The molecule has 0 heterocycles. The number of guanidine groups is 2. The first-order chi connectivity index (χ1) is 6.09. The van der Waals surface area contributed by atoms with Crippen LogP contribution < -0.4 is 17.2 Å². The van der Waals surface area contributed by atoms with Crippen molar-refractivity contribution in [1.29, 1.82) is 0 Å². The Hall–Kier alpha value is -1.30. The Labute approximate surface area is 76.5 Å². The van der Waals surface area contributed by atoms with Crippen LogP contribution in [-0.4, -0.2) is 29.2 Å². The number of hydrogen-bond acceptors (Lipinski definition) is 2. The molecule has 0 radical (unpaired) electrons. The van der Waals surface area contributed by atoms with Crippen LogP contribution in [0.25, 0.3) is 0 Å². The lowest BCUT2D eigenvalue weighted by molar-refractivity contribution is 0.166. The molecule has 0 aromatic carbocycles. The molecule has 0 spiro atoms. The van der Waals surface area contributed by atoms with Crippen LogP contribution in [-0.2, 0) is 0 Å². The van der Waals surface area contributed by atoms with Gasteiger partial charge in [-0.25, -0.2) is 4.99 Å². The molecule has 0 aliphatic heterocycles. The number of nitrogens with zero attached hydrogens (tertiary/aromatic N) is 2. The van der Waals surface area contributed by atoms with Crippen LogP contribution in [0.3, 0.4) is 0 Å². The number of hydrogen-bond donors (Lipinski definition) is 4. The molecule has 1 fully saturated rings. The Morgan fingerprint density at radius 3 is 2.38 bits per heavy atom. The molecule has 0 aromatic heterocycles. The summed E-state index contributed by atoms with van der Waals surface area (Å²) in [6.45, 7) is 0. The lowest BCUT2D eigenvalue weighted by atomic mass is 10.2. The van der Waals surface area contributed by atoms with E-state index in [4.69, 9.17) is 17.2 Å². The third-order valence-electron chi connectivity index (χ3n) is 1.99. The number of nitrogens with two attached hydrogens (primary N) is 3. The summed E-state index contributed by atoms with van der Waals surface area (Å²) in [5.41, 5.74) is 15.6. The molecule has 2 atom stereocenters. The van der Waals surface area contributed by atoms with E-state index in [1.807, 2.05) is 0 Å². The number of aliphatic imine (C=N–C) groups is 2. The zero-order valence-electron chi connectivity index (χ0n) is 7.35. The van der Waals surface area contributed by atoms with Gasteiger partial charge in [-0.15, -0.1) is 0 Å². The third kappa shape index (κ3) is 2.90. The first-order valence-electron chi connectivity index (χ1n) is 4.20. The van der Waals surface area contributed by atoms with Gasteiger partial charge in [0.1, 0.15) is 0 Å².